The molecule has 1 unspecified atom stereocenters. The zero-order valence-corrected chi connectivity index (χ0v) is 21.7. The maximum Gasteiger partial charge on any atom is 0.339 e. The van der Waals surface area contributed by atoms with Gasteiger partial charge in [0.25, 0.3) is 0 Å². The largest absolute Gasteiger partial charge is 0.469 e. The predicted octanol–water partition coefficient (Wildman–Crippen LogP) is 8.29. The monoisotopic (exact) mass is 488 g/mol. The smallest absolute Gasteiger partial charge is 0.339 e. The summed E-state index contributed by atoms with van der Waals surface area (Å²) in [6, 6.07) is 13.7. The zero-order chi connectivity index (χ0) is 25.8. The second kappa shape index (κ2) is 18.0. The quantitative estimate of drug-likeness (QED) is 0.135. The number of fused-ring (bicyclic) bond motifs is 1. The van der Waals surface area contributed by atoms with Gasteiger partial charge in [-0.25, -0.2) is 4.79 Å². The van der Waals surface area contributed by atoms with Crippen LogP contribution < -0.4 is 0 Å². The number of esters is 2. The molecule has 4 nitrogen and oxygen atoms in total. The van der Waals surface area contributed by atoms with E-state index in [9.17, 15) is 9.59 Å². The highest BCUT2D eigenvalue weighted by molar-refractivity contribution is 6.04. The van der Waals surface area contributed by atoms with Crippen LogP contribution >= 0.6 is 0 Å². The zero-order valence-electron chi connectivity index (χ0n) is 21.7. The Bertz CT molecular complexity index is 1040. The lowest BCUT2D eigenvalue weighted by molar-refractivity contribution is -0.140. The maximum absolute atomic E-state index is 12.7. The SMILES string of the molecule is CCC(CC/C=C/C/C=C/C/C=C/C/C=C/CCCC(=O)OC)OC(=O)c1cccc2ccccc12. The van der Waals surface area contributed by atoms with E-state index in [4.69, 9.17) is 4.74 Å². The first-order valence-corrected chi connectivity index (χ1v) is 13.0. The van der Waals surface area contributed by atoms with Gasteiger partial charge in [0.05, 0.1) is 12.7 Å². The van der Waals surface area contributed by atoms with E-state index in [0.29, 0.717) is 12.0 Å². The van der Waals surface area contributed by atoms with Crippen molar-refractivity contribution in [3.63, 3.8) is 0 Å². The Morgan fingerprint density at radius 1 is 0.806 bits per heavy atom. The predicted molar refractivity (Wildman–Crippen MR) is 149 cm³/mol. The summed E-state index contributed by atoms with van der Waals surface area (Å²) in [6.07, 6.45) is 24.6. The Labute approximate surface area is 216 Å². The summed E-state index contributed by atoms with van der Waals surface area (Å²) < 4.78 is 10.4. The maximum atomic E-state index is 12.7. The van der Waals surface area contributed by atoms with E-state index >= 15 is 0 Å². The summed E-state index contributed by atoms with van der Waals surface area (Å²) >= 11 is 0. The normalized spacial score (nSPS) is 12.8. The molecule has 0 fully saturated rings. The Kier molecular flexibility index (Phi) is 14.4. The van der Waals surface area contributed by atoms with Gasteiger partial charge in [0.1, 0.15) is 6.10 Å². The minimum Gasteiger partial charge on any atom is -0.469 e. The van der Waals surface area contributed by atoms with E-state index in [2.05, 4.69) is 60.3 Å². The summed E-state index contributed by atoms with van der Waals surface area (Å²) in [5, 5.41) is 1.98. The lowest BCUT2D eigenvalue weighted by Crippen LogP contribution is -2.17. The summed E-state index contributed by atoms with van der Waals surface area (Å²) in [5.74, 6) is -0.388. The highest BCUT2D eigenvalue weighted by atomic mass is 16.5. The van der Waals surface area contributed by atoms with E-state index in [1.54, 1.807) is 0 Å². The molecule has 2 rings (SSSR count). The summed E-state index contributed by atoms with van der Waals surface area (Å²) in [6.45, 7) is 2.06. The molecule has 4 heteroatoms. The number of hydrogen-bond donors (Lipinski definition) is 0. The van der Waals surface area contributed by atoms with Crippen LogP contribution in [0.1, 0.15) is 75.1 Å². The fourth-order valence-electron chi connectivity index (χ4n) is 3.76. The molecule has 0 amide bonds. The lowest BCUT2D eigenvalue weighted by atomic mass is 10.0. The van der Waals surface area contributed by atoms with Crippen molar-refractivity contribution in [2.24, 2.45) is 0 Å². The number of carbonyl (C=O) groups is 2. The van der Waals surface area contributed by atoms with Crippen LogP contribution in [0.15, 0.2) is 91.1 Å². The molecule has 0 saturated carbocycles. The average Bonchev–Trinajstić information content (AvgIpc) is 2.91. The number of methoxy groups -OCH3 is 1. The van der Waals surface area contributed by atoms with Gasteiger partial charge >= 0.3 is 11.9 Å². The van der Waals surface area contributed by atoms with E-state index in [0.717, 1.165) is 62.1 Å². The topological polar surface area (TPSA) is 52.6 Å². The highest BCUT2D eigenvalue weighted by Crippen LogP contribution is 2.21. The number of carbonyl (C=O) groups excluding carboxylic acids is 2. The van der Waals surface area contributed by atoms with Gasteiger partial charge in [-0.1, -0.05) is 91.9 Å². The van der Waals surface area contributed by atoms with E-state index in [-0.39, 0.29) is 18.0 Å². The molecule has 192 valence electrons. The van der Waals surface area contributed by atoms with Gasteiger partial charge in [-0.2, -0.15) is 0 Å². The molecular weight excluding hydrogens is 448 g/mol. The minimum absolute atomic E-state index is 0.0799. The molecule has 2 aromatic carbocycles. The van der Waals surface area contributed by atoms with Crippen LogP contribution in [0.5, 0.6) is 0 Å². The summed E-state index contributed by atoms with van der Waals surface area (Å²) in [5.41, 5.74) is 0.632. The Morgan fingerprint density at radius 3 is 2.08 bits per heavy atom. The number of benzene rings is 2. The van der Waals surface area contributed by atoms with Gasteiger partial charge in [0.15, 0.2) is 0 Å². The van der Waals surface area contributed by atoms with E-state index in [1.165, 1.54) is 7.11 Å². The summed E-state index contributed by atoms with van der Waals surface area (Å²) in [4.78, 5) is 23.8. The second-order valence-corrected chi connectivity index (χ2v) is 8.60. The van der Waals surface area contributed by atoms with Gasteiger partial charge in [-0.05, 0) is 68.2 Å². The molecule has 0 aliphatic rings. The molecule has 0 bridgehead atoms. The van der Waals surface area contributed by atoms with Crippen molar-refractivity contribution in [3.05, 3.63) is 96.6 Å². The standard InChI is InChI=1S/C32H40O4/c1-3-28(36-32(34)30-25-20-22-27-21-18-19-24-29(27)30)23-16-14-12-10-8-6-4-5-7-9-11-13-15-17-26-31(33)35-2/h5-8,11-14,18-22,24-25,28H,3-4,9-10,15-17,23,26H2,1-2H3/b7-5+,8-6+,13-11+,14-12+. The number of hydrogen-bond acceptors (Lipinski definition) is 4. The first kappa shape index (κ1) is 28.8. The summed E-state index contributed by atoms with van der Waals surface area (Å²) in [7, 11) is 1.42. The van der Waals surface area contributed by atoms with Gasteiger partial charge in [-0.15, -0.1) is 0 Å². The Hall–Kier alpha value is -3.40. The number of ether oxygens (including phenoxy) is 2. The van der Waals surface area contributed by atoms with Crippen LogP contribution in [-0.4, -0.2) is 25.2 Å². The molecule has 0 saturated heterocycles. The van der Waals surface area contributed by atoms with Gasteiger partial charge in [-0.3, -0.25) is 4.79 Å². The molecule has 0 N–H and O–H groups in total. The minimum atomic E-state index is -0.243. The van der Waals surface area contributed by atoms with Crippen molar-refractivity contribution < 1.29 is 19.1 Å². The van der Waals surface area contributed by atoms with E-state index < -0.39 is 0 Å². The van der Waals surface area contributed by atoms with Crippen molar-refractivity contribution in [2.45, 2.75) is 70.8 Å². The molecule has 0 aromatic heterocycles. The molecule has 0 heterocycles. The van der Waals surface area contributed by atoms with Crippen molar-refractivity contribution >= 4 is 22.7 Å². The molecule has 0 radical (unpaired) electrons. The number of unbranched alkanes of at least 4 members (excludes halogenated alkanes) is 1. The molecule has 0 aliphatic heterocycles. The third kappa shape index (κ3) is 11.4. The number of allylic oxidation sites excluding steroid dienone is 8. The lowest BCUT2D eigenvalue weighted by Gasteiger charge is -2.16. The molecule has 2 aromatic rings. The number of rotatable bonds is 16. The first-order chi connectivity index (χ1) is 17.7. The van der Waals surface area contributed by atoms with Crippen LogP contribution in [0.2, 0.25) is 0 Å². The van der Waals surface area contributed by atoms with Gasteiger partial charge < -0.3 is 9.47 Å². The van der Waals surface area contributed by atoms with Gasteiger partial charge in [0.2, 0.25) is 0 Å². The van der Waals surface area contributed by atoms with Gasteiger partial charge in [0, 0.05) is 6.42 Å². The third-order valence-electron chi connectivity index (χ3n) is 5.86. The molecule has 1 atom stereocenters. The fourth-order valence-corrected chi connectivity index (χ4v) is 3.76. The third-order valence-corrected chi connectivity index (χ3v) is 5.86. The molecule has 36 heavy (non-hydrogen) atoms. The van der Waals surface area contributed by atoms with E-state index in [1.807, 2.05) is 42.5 Å². The Morgan fingerprint density at radius 2 is 1.42 bits per heavy atom. The van der Waals surface area contributed by atoms with Crippen LogP contribution in [0, 0.1) is 0 Å². The van der Waals surface area contributed by atoms with Crippen LogP contribution in [0.25, 0.3) is 10.8 Å². The first-order valence-electron chi connectivity index (χ1n) is 13.0. The average molecular weight is 489 g/mol. The molecule has 0 aliphatic carbocycles. The van der Waals surface area contributed by atoms with Crippen molar-refractivity contribution in [1.82, 2.24) is 0 Å². The molecule has 0 spiro atoms. The Balaban J connectivity index is 1.59. The van der Waals surface area contributed by atoms with Crippen LogP contribution in [0.3, 0.4) is 0 Å². The van der Waals surface area contributed by atoms with Crippen molar-refractivity contribution in [3.8, 4) is 0 Å². The van der Waals surface area contributed by atoms with Crippen molar-refractivity contribution in [1.29, 1.82) is 0 Å². The van der Waals surface area contributed by atoms with Crippen LogP contribution in [-0.2, 0) is 14.3 Å². The highest BCUT2D eigenvalue weighted by Gasteiger charge is 2.16. The van der Waals surface area contributed by atoms with Crippen LogP contribution in [0.4, 0.5) is 0 Å². The molecular formula is C32H40O4. The fraction of sp³-hybridized carbons (Fsp3) is 0.375. The van der Waals surface area contributed by atoms with Crippen molar-refractivity contribution in [2.75, 3.05) is 7.11 Å². The second-order valence-electron chi connectivity index (χ2n) is 8.60.